The van der Waals surface area contributed by atoms with Crippen LogP contribution in [-0.2, 0) is 17.8 Å². The zero-order valence-corrected chi connectivity index (χ0v) is 17.4. The molecule has 0 amide bonds. The smallest absolute Gasteiger partial charge is 0.196 e. The van der Waals surface area contributed by atoms with E-state index in [1.807, 2.05) is 43.6 Å². The van der Waals surface area contributed by atoms with Crippen LogP contribution in [-0.4, -0.2) is 42.4 Å². The van der Waals surface area contributed by atoms with Gasteiger partial charge in [-0.3, -0.25) is 0 Å². The first kappa shape index (κ1) is 21.8. The molecule has 0 saturated carbocycles. The van der Waals surface area contributed by atoms with Crippen LogP contribution in [0.3, 0.4) is 0 Å². The number of anilines is 1. The Balaban J connectivity index is 2.00. The number of aliphatic imine (C=N–C) groups is 1. The summed E-state index contributed by atoms with van der Waals surface area (Å²) >= 11 is 0. The lowest BCUT2D eigenvalue weighted by Crippen LogP contribution is -2.30. The molecule has 2 N–H and O–H groups in total. The van der Waals surface area contributed by atoms with E-state index in [0.29, 0.717) is 25.7 Å². The van der Waals surface area contributed by atoms with E-state index in [1.54, 1.807) is 7.11 Å². The first-order valence-corrected chi connectivity index (χ1v) is 9.89. The lowest BCUT2D eigenvalue weighted by Gasteiger charge is -2.13. The van der Waals surface area contributed by atoms with Gasteiger partial charge in [-0.25, -0.2) is 9.98 Å². The third kappa shape index (κ3) is 7.60. The number of hydrogen-bond acceptors (Lipinski definition) is 4. The van der Waals surface area contributed by atoms with Crippen molar-refractivity contribution in [3.8, 4) is 5.75 Å². The van der Waals surface area contributed by atoms with Gasteiger partial charge in [-0.2, -0.15) is 0 Å². The summed E-state index contributed by atoms with van der Waals surface area (Å²) in [7, 11) is 1.70. The van der Waals surface area contributed by atoms with E-state index >= 15 is 0 Å². The molecule has 0 aliphatic carbocycles. The van der Waals surface area contributed by atoms with Crippen LogP contribution in [0, 0.1) is 5.92 Å². The van der Waals surface area contributed by atoms with Gasteiger partial charge in [-0.05, 0) is 25.0 Å². The predicted molar refractivity (Wildman–Crippen MR) is 114 cm³/mol. The Labute approximate surface area is 168 Å². The Morgan fingerprint density at radius 3 is 2.89 bits per heavy atom. The Hall–Kier alpha value is -2.54. The molecule has 1 aromatic carbocycles. The minimum Gasteiger partial charge on any atom is -0.493 e. The van der Waals surface area contributed by atoms with E-state index in [-0.39, 0.29) is 0 Å². The van der Waals surface area contributed by atoms with Crippen LogP contribution in [0.25, 0.3) is 0 Å². The maximum absolute atomic E-state index is 5.77. The number of methoxy groups -OCH3 is 1. The second-order valence-electron chi connectivity index (χ2n) is 6.93. The van der Waals surface area contributed by atoms with Gasteiger partial charge < -0.3 is 24.7 Å². The number of benzene rings is 1. The molecular weight excluding hydrogens is 354 g/mol. The molecule has 0 fully saturated rings. The van der Waals surface area contributed by atoms with E-state index in [2.05, 4.69) is 39.0 Å². The van der Waals surface area contributed by atoms with E-state index in [1.165, 1.54) is 0 Å². The van der Waals surface area contributed by atoms with Gasteiger partial charge in [0.25, 0.3) is 0 Å². The molecule has 2 rings (SSSR count). The van der Waals surface area contributed by atoms with Crippen molar-refractivity contribution in [3.05, 3.63) is 42.5 Å². The maximum Gasteiger partial charge on any atom is 0.196 e. The monoisotopic (exact) mass is 387 g/mol. The topological polar surface area (TPSA) is 72.7 Å². The fourth-order valence-corrected chi connectivity index (χ4v) is 2.70. The molecule has 0 saturated heterocycles. The highest BCUT2D eigenvalue weighted by Gasteiger charge is 2.06. The number of nitrogens with zero attached hydrogens (tertiary/aromatic N) is 3. The Morgan fingerprint density at radius 1 is 1.29 bits per heavy atom. The second-order valence-corrected chi connectivity index (χ2v) is 6.93. The number of imidazole rings is 1. The highest BCUT2D eigenvalue weighted by molar-refractivity contribution is 5.93. The van der Waals surface area contributed by atoms with E-state index in [4.69, 9.17) is 9.47 Å². The summed E-state index contributed by atoms with van der Waals surface area (Å²) in [5, 5.41) is 6.62. The number of hydrogen-bond donors (Lipinski definition) is 2. The molecule has 1 heterocycles. The molecule has 28 heavy (non-hydrogen) atoms. The third-order valence-corrected chi connectivity index (χ3v) is 3.94. The zero-order valence-electron chi connectivity index (χ0n) is 17.4. The Kier molecular flexibility index (Phi) is 9.34. The molecule has 0 aliphatic rings. The number of aromatic nitrogens is 2. The van der Waals surface area contributed by atoms with Gasteiger partial charge in [0.15, 0.2) is 5.96 Å². The van der Waals surface area contributed by atoms with Crippen LogP contribution in [0.15, 0.2) is 41.7 Å². The zero-order chi connectivity index (χ0) is 20.2. The summed E-state index contributed by atoms with van der Waals surface area (Å²) < 4.78 is 13.0. The van der Waals surface area contributed by atoms with Crippen molar-refractivity contribution in [1.29, 1.82) is 0 Å². The number of ether oxygens (including phenoxy) is 2. The van der Waals surface area contributed by atoms with Crippen LogP contribution < -0.4 is 15.4 Å². The number of rotatable bonds is 11. The highest BCUT2D eigenvalue weighted by Crippen LogP contribution is 2.17. The normalized spacial score (nSPS) is 11.7. The van der Waals surface area contributed by atoms with Crippen LogP contribution in [0.1, 0.15) is 33.0 Å². The average Bonchev–Trinajstić information content (AvgIpc) is 3.10. The Morgan fingerprint density at radius 2 is 2.14 bits per heavy atom. The minimum absolute atomic E-state index is 0.516. The van der Waals surface area contributed by atoms with E-state index in [0.717, 1.165) is 42.7 Å². The first-order chi connectivity index (χ1) is 13.6. The molecule has 0 bridgehead atoms. The van der Waals surface area contributed by atoms with Gasteiger partial charge in [0.05, 0.1) is 6.61 Å². The van der Waals surface area contributed by atoms with Gasteiger partial charge in [0, 0.05) is 57.4 Å². The molecule has 7 nitrogen and oxygen atoms in total. The fraction of sp³-hybridized carbons (Fsp3) is 0.524. The molecule has 2 aromatic rings. The SMILES string of the molecule is CCNC(=NCc1nccn1CC(C)C)Nc1cccc(OCCCOC)c1. The van der Waals surface area contributed by atoms with Gasteiger partial charge >= 0.3 is 0 Å². The second kappa shape index (κ2) is 12.0. The lowest BCUT2D eigenvalue weighted by molar-refractivity contribution is 0.172. The van der Waals surface area contributed by atoms with Crippen molar-refractivity contribution in [2.24, 2.45) is 10.9 Å². The van der Waals surface area contributed by atoms with Crippen LogP contribution in [0.2, 0.25) is 0 Å². The molecule has 154 valence electrons. The predicted octanol–water partition coefficient (Wildman–Crippen LogP) is 3.53. The summed E-state index contributed by atoms with van der Waals surface area (Å²) in [4.78, 5) is 9.13. The maximum atomic E-state index is 5.77. The molecule has 1 aromatic heterocycles. The van der Waals surface area contributed by atoms with Crippen molar-refractivity contribution in [2.45, 2.75) is 40.3 Å². The summed E-state index contributed by atoms with van der Waals surface area (Å²) in [5.74, 6) is 3.07. The van der Waals surface area contributed by atoms with E-state index < -0.39 is 0 Å². The molecule has 0 spiro atoms. The van der Waals surface area contributed by atoms with Gasteiger partial charge in [0.2, 0.25) is 0 Å². The molecule has 7 heteroatoms. The summed E-state index contributed by atoms with van der Waals surface area (Å²) in [6, 6.07) is 7.88. The summed E-state index contributed by atoms with van der Waals surface area (Å²) in [5.41, 5.74) is 0.925. The highest BCUT2D eigenvalue weighted by atomic mass is 16.5. The summed E-state index contributed by atoms with van der Waals surface area (Å²) in [6.07, 6.45) is 4.70. The van der Waals surface area contributed by atoms with Crippen molar-refractivity contribution in [3.63, 3.8) is 0 Å². The lowest BCUT2D eigenvalue weighted by atomic mass is 10.2. The van der Waals surface area contributed by atoms with Crippen LogP contribution in [0.5, 0.6) is 5.75 Å². The van der Waals surface area contributed by atoms with Crippen molar-refractivity contribution in [2.75, 3.05) is 32.2 Å². The average molecular weight is 388 g/mol. The van der Waals surface area contributed by atoms with Crippen LogP contribution >= 0.6 is 0 Å². The molecule has 0 aliphatic heterocycles. The quantitative estimate of drug-likeness (QED) is 0.351. The first-order valence-electron chi connectivity index (χ1n) is 9.89. The van der Waals surface area contributed by atoms with Crippen LogP contribution in [0.4, 0.5) is 5.69 Å². The van der Waals surface area contributed by atoms with Gasteiger partial charge in [0.1, 0.15) is 18.1 Å². The number of guanidine groups is 1. The number of nitrogens with one attached hydrogen (secondary N) is 2. The molecule has 0 atom stereocenters. The molecule has 0 unspecified atom stereocenters. The van der Waals surface area contributed by atoms with Crippen molar-refractivity contribution in [1.82, 2.24) is 14.9 Å². The minimum atomic E-state index is 0.516. The van der Waals surface area contributed by atoms with Gasteiger partial charge in [-0.1, -0.05) is 19.9 Å². The standard InChI is InChI=1S/C21H33N5O2/c1-5-22-21(24-15-20-23-10-11-26(20)16-17(2)3)25-18-8-6-9-19(14-18)28-13-7-12-27-4/h6,8-11,14,17H,5,7,12-13,15-16H2,1-4H3,(H2,22,24,25). The molecule has 0 radical (unpaired) electrons. The van der Waals surface area contributed by atoms with E-state index in [9.17, 15) is 0 Å². The largest absolute Gasteiger partial charge is 0.493 e. The van der Waals surface area contributed by atoms with Gasteiger partial charge in [-0.15, -0.1) is 0 Å². The Bertz CT molecular complexity index is 727. The summed E-state index contributed by atoms with van der Waals surface area (Å²) in [6.45, 7) is 10.0. The van der Waals surface area contributed by atoms with Crippen molar-refractivity contribution < 1.29 is 9.47 Å². The molecular formula is C21H33N5O2. The van der Waals surface area contributed by atoms with Crippen molar-refractivity contribution >= 4 is 11.6 Å². The fourth-order valence-electron chi connectivity index (χ4n) is 2.70. The third-order valence-electron chi connectivity index (χ3n) is 3.94.